The number of aromatic hydroxyl groups is 1. The largest absolute Gasteiger partial charge is 0.508 e. The molecule has 5 N–H and O–H groups in total. The van der Waals surface area contributed by atoms with E-state index in [4.69, 9.17) is 26.8 Å². The Labute approximate surface area is 187 Å². The van der Waals surface area contributed by atoms with E-state index in [9.17, 15) is 10.2 Å². The first-order valence-corrected chi connectivity index (χ1v) is 11.1. The molecule has 1 aromatic carbocycles. The van der Waals surface area contributed by atoms with Crippen molar-refractivity contribution >= 4 is 44.9 Å². The highest BCUT2D eigenvalue weighted by Crippen LogP contribution is 2.50. The lowest BCUT2D eigenvalue weighted by Gasteiger charge is -2.31. The molecule has 1 saturated carbocycles. The second-order valence-electron chi connectivity index (χ2n) is 8.30. The van der Waals surface area contributed by atoms with E-state index in [-0.39, 0.29) is 35.5 Å². The molecule has 1 aliphatic carbocycles. The first kappa shape index (κ1) is 20.7. The number of nitrogens with two attached hydrogens (primary N) is 1. The van der Waals surface area contributed by atoms with Gasteiger partial charge in [0.2, 0.25) is 5.95 Å². The summed E-state index contributed by atoms with van der Waals surface area (Å²) < 4.78 is 13.2. The van der Waals surface area contributed by atoms with Gasteiger partial charge in [-0.15, -0.1) is 11.3 Å². The number of phenols is 1. The highest BCUT2D eigenvalue weighted by Gasteiger charge is 2.60. The van der Waals surface area contributed by atoms with E-state index in [1.54, 1.807) is 18.2 Å². The van der Waals surface area contributed by atoms with Gasteiger partial charge in [-0.1, -0.05) is 11.6 Å². The lowest BCUT2D eigenvalue weighted by molar-refractivity contribution is -0.168. The van der Waals surface area contributed by atoms with Gasteiger partial charge in [0, 0.05) is 12.5 Å². The number of anilines is 2. The Bertz CT molecular complexity index is 1170. The Morgan fingerprint density at radius 1 is 1.32 bits per heavy atom. The van der Waals surface area contributed by atoms with E-state index in [1.165, 1.54) is 11.3 Å². The topological polar surface area (TPSA) is 136 Å². The van der Waals surface area contributed by atoms with Crippen molar-refractivity contribution < 1.29 is 19.7 Å². The number of ether oxygens (including phenoxy) is 2. The molecule has 5 rings (SSSR count). The van der Waals surface area contributed by atoms with Gasteiger partial charge in [0.25, 0.3) is 0 Å². The number of hydrogen-bond donors (Lipinski definition) is 4. The van der Waals surface area contributed by atoms with E-state index in [1.807, 2.05) is 13.8 Å². The van der Waals surface area contributed by atoms with Crippen LogP contribution in [-0.4, -0.2) is 49.4 Å². The van der Waals surface area contributed by atoms with Crippen molar-refractivity contribution in [2.75, 3.05) is 17.7 Å². The molecule has 3 aromatic rings. The lowest BCUT2D eigenvalue weighted by atomic mass is 10.0. The van der Waals surface area contributed by atoms with Gasteiger partial charge in [-0.25, -0.2) is 9.97 Å². The van der Waals surface area contributed by atoms with Crippen LogP contribution in [0.15, 0.2) is 18.2 Å². The number of nitrogens with zero attached hydrogens (tertiary/aromatic N) is 3. The molecule has 2 aromatic heterocycles. The van der Waals surface area contributed by atoms with E-state index in [0.717, 1.165) is 16.6 Å². The van der Waals surface area contributed by atoms with Crippen LogP contribution in [-0.2, 0) is 9.47 Å². The third kappa shape index (κ3) is 3.48. The molecule has 31 heavy (non-hydrogen) atoms. The smallest absolute Gasteiger partial charge is 0.223 e. The number of benzene rings is 1. The Morgan fingerprint density at radius 3 is 2.90 bits per heavy atom. The van der Waals surface area contributed by atoms with E-state index < -0.39 is 11.5 Å². The first-order chi connectivity index (χ1) is 14.7. The molecule has 3 unspecified atom stereocenters. The summed E-state index contributed by atoms with van der Waals surface area (Å²) in [5, 5.41) is 23.7. The molecule has 3 heterocycles. The summed E-state index contributed by atoms with van der Waals surface area (Å²) in [6, 6.07) is 4.95. The third-order valence-corrected chi connectivity index (χ3v) is 6.95. The average Bonchev–Trinajstić information content (AvgIpc) is 3.29. The predicted octanol–water partition coefficient (Wildman–Crippen LogP) is 3.36. The minimum Gasteiger partial charge on any atom is -0.508 e. The van der Waals surface area contributed by atoms with Gasteiger partial charge in [0.05, 0.1) is 15.8 Å². The minimum absolute atomic E-state index is 0.00553. The molecular formula is C20H22ClN5O4S. The van der Waals surface area contributed by atoms with Crippen molar-refractivity contribution in [3.63, 3.8) is 0 Å². The van der Waals surface area contributed by atoms with Crippen LogP contribution in [0.1, 0.15) is 26.7 Å². The number of phenolic OH excluding ortho intramolecular Hbond substituents is 1. The molecular weight excluding hydrogens is 442 g/mol. The Morgan fingerprint density at radius 2 is 2.13 bits per heavy atom. The van der Waals surface area contributed by atoms with Gasteiger partial charge in [0.1, 0.15) is 27.8 Å². The summed E-state index contributed by atoms with van der Waals surface area (Å²) in [5.74, 6) is -0.356. The van der Waals surface area contributed by atoms with E-state index in [2.05, 4.69) is 20.3 Å². The summed E-state index contributed by atoms with van der Waals surface area (Å²) in [6.45, 7) is 3.67. The summed E-state index contributed by atoms with van der Waals surface area (Å²) in [4.78, 5) is 13.2. The number of rotatable bonds is 4. The molecule has 1 saturated heterocycles. The average molecular weight is 464 g/mol. The molecule has 0 spiro atoms. The van der Waals surface area contributed by atoms with Gasteiger partial charge in [-0.3, -0.25) is 0 Å². The van der Waals surface area contributed by atoms with Gasteiger partial charge in [-0.2, -0.15) is 4.98 Å². The maximum absolute atomic E-state index is 9.83. The molecule has 0 amide bonds. The maximum Gasteiger partial charge on any atom is 0.223 e. The Balaban J connectivity index is 1.61. The SMILES string of the molecule is CC1(C)OC2C(CO)CCC2(Nc2nc(N)nc(Cl)c2-c2nc3ccc(O)cc3s2)O1. The number of halogens is 1. The fourth-order valence-corrected chi connectivity index (χ4v) is 5.81. The molecule has 9 nitrogen and oxygen atoms in total. The highest BCUT2D eigenvalue weighted by atomic mass is 35.5. The summed E-state index contributed by atoms with van der Waals surface area (Å²) in [5.41, 5.74) is 6.22. The van der Waals surface area contributed by atoms with Crippen LogP contribution in [0.2, 0.25) is 5.15 Å². The zero-order chi connectivity index (χ0) is 22.0. The monoisotopic (exact) mass is 463 g/mol. The van der Waals surface area contributed by atoms with Crippen LogP contribution in [0.25, 0.3) is 20.8 Å². The van der Waals surface area contributed by atoms with Crippen LogP contribution >= 0.6 is 22.9 Å². The van der Waals surface area contributed by atoms with Crippen molar-refractivity contribution in [2.45, 2.75) is 44.3 Å². The lowest BCUT2D eigenvalue weighted by Crippen LogP contribution is -2.46. The van der Waals surface area contributed by atoms with Gasteiger partial charge in [0.15, 0.2) is 11.5 Å². The zero-order valence-corrected chi connectivity index (χ0v) is 18.5. The van der Waals surface area contributed by atoms with Crippen LogP contribution in [0.5, 0.6) is 5.75 Å². The van der Waals surface area contributed by atoms with Crippen molar-refractivity contribution in [1.29, 1.82) is 0 Å². The molecule has 2 aliphatic rings. The first-order valence-electron chi connectivity index (χ1n) is 9.90. The number of fused-ring (bicyclic) bond motifs is 2. The van der Waals surface area contributed by atoms with E-state index in [0.29, 0.717) is 22.8 Å². The number of aliphatic hydroxyl groups is 1. The molecule has 3 atom stereocenters. The fraction of sp³-hybridized carbons (Fsp3) is 0.450. The normalized spacial score (nSPS) is 27.0. The highest BCUT2D eigenvalue weighted by molar-refractivity contribution is 7.21. The Kier molecular flexibility index (Phi) is 4.76. The number of thiazole rings is 1. The van der Waals surface area contributed by atoms with Crippen LogP contribution < -0.4 is 11.1 Å². The Hall–Kier alpha value is -2.24. The standard InChI is InChI=1S/C20H22ClN5O4S/c1-19(2)29-14-9(8-27)5-6-20(14,30-19)26-16-13(15(21)24-18(22)25-16)17-23-11-4-3-10(28)7-12(11)31-17/h3-4,7,9,14,27-28H,5-6,8H2,1-2H3,(H3,22,24,25,26). The summed E-state index contributed by atoms with van der Waals surface area (Å²) in [6.07, 6.45) is 0.970. The van der Waals surface area contributed by atoms with Crippen molar-refractivity contribution in [1.82, 2.24) is 15.0 Å². The molecule has 0 bridgehead atoms. The molecule has 11 heteroatoms. The summed E-state index contributed by atoms with van der Waals surface area (Å²) in [7, 11) is 0. The molecule has 1 aliphatic heterocycles. The number of nitrogens with one attached hydrogen (secondary N) is 1. The van der Waals surface area contributed by atoms with Crippen molar-refractivity contribution in [3.05, 3.63) is 23.4 Å². The van der Waals surface area contributed by atoms with Gasteiger partial charge >= 0.3 is 0 Å². The maximum atomic E-state index is 9.83. The number of aromatic nitrogens is 3. The summed E-state index contributed by atoms with van der Waals surface area (Å²) >= 11 is 7.86. The molecule has 0 radical (unpaired) electrons. The molecule has 2 fully saturated rings. The molecule has 164 valence electrons. The quantitative estimate of drug-likeness (QED) is 0.429. The van der Waals surface area contributed by atoms with Crippen LogP contribution in [0.4, 0.5) is 11.8 Å². The van der Waals surface area contributed by atoms with Crippen molar-refractivity contribution in [2.24, 2.45) is 5.92 Å². The fourth-order valence-electron chi connectivity index (χ4n) is 4.44. The van der Waals surface area contributed by atoms with Crippen LogP contribution in [0.3, 0.4) is 0 Å². The zero-order valence-electron chi connectivity index (χ0n) is 16.9. The van der Waals surface area contributed by atoms with Gasteiger partial charge < -0.3 is 30.7 Å². The van der Waals surface area contributed by atoms with E-state index >= 15 is 0 Å². The number of hydrogen-bond acceptors (Lipinski definition) is 10. The van der Waals surface area contributed by atoms with Gasteiger partial charge in [-0.05, 0) is 44.9 Å². The minimum atomic E-state index is -0.898. The predicted molar refractivity (Wildman–Crippen MR) is 118 cm³/mol. The number of aliphatic hydroxyl groups excluding tert-OH is 1. The number of nitrogen functional groups attached to an aromatic ring is 1. The van der Waals surface area contributed by atoms with Crippen LogP contribution in [0, 0.1) is 5.92 Å². The second kappa shape index (κ2) is 7.14. The van der Waals surface area contributed by atoms with Crippen molar-refractivity contribution in [3.8, 4) is 16.3 Å². The second-order valence-corrected chi connectivity index (χ2v) is 9.69. The third-order valence-electron chi connectivity index (χ3n) is 5.65.